The van der Waals surface area contributed by atoms with Gasteiger partial charge in [-0.2, -0.15) is 0 Å². The maximum absolute atomic E-state index is 9.26. The van der Waals surface area contributed by atoms with Crippen LogP contribution in [0, 0.1) is 0 Å². The van der Waals surface area contributed by atoms with Crippen LogP contribution in [0.25, 0.3) is 10.8 Å². The lowest BCUT2D eigenvalue weighted by Gasteiger charge is -2.25. The lowest BCUT2D eigenvalue weighted by molar-refractivity contribution is 0.100. The van der Waals surface area contributed by atoms with E-state index in [0.717, 1.165) is 17.2 Å². The van der Waals surface area contributed by atoms with Gasteiger partial charge in [0, 0.05) is 5.39 Å². The fourth-order valence-corrected chi connectivity index (χ4v) is 1.71. The zero-order chi connectivity index (χ0) is 13.2. The van der Waals surface area contributed by atoms with Gasteiger partial charge in [-0.25, -0.2) is 4.98 Å². The molecule has 1 aromatic heterocycles. The maximum Gasteiger partial charge on any atom is 0.222 e. The Hall–Kier alpha value is -1.61. The summed E-state index contributed by atoms with van der Waals surface area (Å²) in [5.74, 6) is 0.601. The molecule has 1 heterocycles. The SMILES string of the molecule is CCC(C)(C)Oc1nc(CO)cc2ccccc12. The van der Waals surface area contributed by atoms with Gasteiger partial charge >= 0.3 is 0 Å². The largest absolute Gasteiger partial charge is 0.471 e. The van der Waals surface area contributed by atoms with Gasteiger partial charge < -0.3 is 9.84 Å². The molecule has 0 fully saturated rings. The number of pyridine rings is 1. The Kier molecular flexibility index (Phi) is 3.53. The molecule has 3 heteroatoms. The molecule has 0 amide bonds. The van der Waals surface area contributed by atoms with Crippen LogP contribution in [-0.4, -0.2) is 15.7 Å². The fraction of sp³-hybridized carbons (Fsp3) is 0.400. The van der Waals surface area contributed by atoms with Gasteiger partial charge in [0.2, 0.25) is 5.88 Å². The van der Waals surface area contributed by atoms with Crippen LogP contribution in [0.4, 0.5) is 0 Å². The van der Waals surface area contributed by atoms with Crippen LogP contribution < -0.4 is 4.74 Å². The smallest absolute Gasteiger partial charge is 0.222 e. The van der Waals surface area contributed by atoms with Gasteiger partial charge in [0.05, 0.1) is 12.3 Å². The van der Waals surface area contributed by atoms with Gasteiger partial charge in [-0.1, -0.05) is 25.1 Å². The van der Waals surface area contributed by atoms with E-state index in [4.69, 9.17) is 4.74 Å². The second-order valence-electron chi connectivity index (χ2n) is 5.01. The molecular formula is C15H19NO2. The molecule has 0 aliphatic rings. The monoisotopic (exact) mass is 245 g/mol. The molecule has 96 valence electrons. The van der Waals surface area contributed by atoms with E-state index in [2.05, 4.69) is 11.9 Å². The standard InChI is InChI=1S/C15H19NO2/c1-4-15(2,3)18-14-13-8-6-5-7-11(13)9-12(10-17)16-14/h5-9,17H,4,10H2,1-3H3. The quantitative estimate of drug-likeness (QED) is 0.898. The van der Waals surface area contributed by atoms with Crippen molar-refractivity contribution in [2.75, 3.05) is 0 Å². The van der Waals surface area contributed by atoms with E-state index in [9.17, 15) is 5.11 Å². The lowest BCUT2D eigenvalue weighted by Crippen LogP contribution is -2.27. The van der Waals surface area contributed by atoms with E-state index in [1.807, 2.05) is 44.2 Å². The number of fused-ring (bicyclic) bond motifs is 1. The number of hydrogen-bond acceptors (Lipinski definition) is 3. The molecule has 0 unspecified atom stereocenters. The molecule has 2 aromatic rings. The van der Waals surface area contributed by atoms with Crippen molar-refractivity contribution in [3.63, 3.8) is 0 Å². The van der Waals surface area contributed by atoms with Gasteiger partial charge in [-0.15, -0.1) is 0 Å². The fourth-order valence-electron chi connectivity index (χ4n) is 1.71. The van der Waals surface area contributed by atoms with Crippen molar-refractivity contribution in [2.45, 2.75) is 39.4 Å². The Morgan fingerprint density at radius 3 is 2.67 bits per heavy atom. The average molecular weight is 245 g/mol. The molecule has 0 saturated carbocycles. The Morgan fingerprint density at radius 2 is 2.00 bits per heavy atom. The van der Waals surface area contributed by atoms with Gasteiger partial charge in [-0.05, 0) is 37.8 Å². The van der Waals surface area contributed by atoms with Crippen molar-refractivity contribution in [3.8, 4) is 5.88 Å². The van der Waals surface area contributed by atoms with Crippen LogP contribution in [0.5, 0.6) is 5.88 Å². The van der Waals surface area contributed by atoms with E-state index in [1.165, 1.54) is 0 Å². The molecule has 1 N–H and O–H groups in total. The van der Waals surface area contributed by atoms with Gasteiger partial charge in [-0.3, -0.25) is 0 Å². The van der Waals surface area contributed by atoms with Crippen LogP contribution in [0.1, 0.15) is 32.9 Å². The molecular weight excluding hydrogens is 226 g/mol. The summed E-state index contributed by atoms with van der Waals surface area (Å²) in [6, 6.07) is 9.82. The second-order valence-corrected chi connectivity index (χ2v) is 5.01. The number of aliphatic hydroxyl groups is 1. The summed E-state index contributed by atoms with van der Waals surface area (Å²) < 4.78 is 5.98. The Balaban J connectivity index is 2.53. The molecule has 0 atom stereocenters. The molecule has 0 radical (unpaired) electrons. The maximum atomic E-state index is 9.26. The molecule has 0 aliphatic carbocycles. The number of ether oxygens (including phenoxy) is 1. The molecule has 2 rings (SSSR count). The number of hydrogen-bond donors (Lipinski definition) is 1. The van der Waals surface area contributed by atoms with Gasteiger partial charge in [0.25, 0.3) is 0 Å². The van der Waals surface area contributed by atoms with Crippen molar-refractivity contribution >= 4 is 10.8 Å². The summed E-state index contributed by atoms with van der Waals surface area (Å²) in [6.45, 7) is 6.08. The van der Waals surface area contributed by atoms with Crippen molar-refractivity contribution < 1.29 is 9.84 Å². The third-order valence-corrected chi connectivity index (χ3v) is 3.14. The number of rotatable bonds is 4. The molecule has 0 aliphatic heterocycles. The minimum Gasteiger partial charge on any atom is -0.471 e. The zero-order valence-corrected chi connectivity index (χ0v) is 11.1. The van der Waals surface area contributed by atoms with Crippen molar-refractivity contribution in [3.05, 3.63) is 36.0 Å². The van der Waals surface area contributed by atoms with Crippen molar-refractivity contribution in [2.24, 2.45) is 0 Å². The first kappa shape index (κ1) is 12.8. The average Bonchev–Trinajstić information content (AvgIpc) is 2.38. The Labute approximate surface area is 107 Å². The predicted octanol–water partition coefficient (Wildman–Crippen LogP) is 3.29. The first-order valence-electron chi connectivity index (χ1n) is 6.24. The van der Waals surface area contributed by atoms with Gasteiger partial charge in [0.15, 0.2) is 0 Å². The molecule has 18 heavy (non-hydrogen) atoms. The van der Waals surface area contributed by atoms with Crippen LogP contribution >= 0.6 is 0 Å². The van der Waals surface area contributed by atoms with E-state index in [-0.39, 0.29) is 12.2 Å². The molecule has 0 saturated heterocycles. The van der Waals surface area contributed by atoms with E-state index < -0.39 is 0 Å². The third kappa shape index (κ3) is 2.62. The number of aliphatic hydroxyl groups excluding tert-OH is 1. The van der Waals surface area contributed by atoms with E-state index in [0.29, 0.717) is 11.6 Å². The van der Waals surface area contributed by atoms with Crippen molar-refractivity contribution in [1.82, 2.24) is 4.98 Å². The summed E-state index contributed by atoms with van der Waals surface area (Å²) in [5.41, 5.74) is 0.375. The third-order valence-electron chi connectivity index (χ3n) is 3.14. The second kappa shape index (κ2) is 4.94. The summed E-state index contributed by atoms with van der Waals surface area (Å²) in [5, 5.41) is 11.3. The highest BCUT2D eigenvalue weighted by atomic mass is 16.5. The van der Waals surface area contributed by atoms with Crippen LogP contribution in [-0.2, 0) is 6.61 Å². The number of nitrogens with zero attached hydrogens (tertiary/aromatic N) is 1. The van der Waals surface area contributed by atoms with Crippen LogP contribution in [0.3, 0.4) is 0 Å². The van der Waals surface area contributed by atoms with Crippen LogP contribution in [0.2, 0.25) is 0 Å². The molecule has 3 nitrogen and oxygen atoms in total. The first-order chi connectivity index (χ1) is 8.55. The van der Waals surface area contributed by atoms with Crippen LogP contribution in [0.15, 0.2) is 30.3 Å². The molecule has 0 bridgehead atoms. The summed E-state index contributed by atoms with van der Waals surface area (Å²) >= 11 is 0. The van der Waals surface area contributed by atoms with E-state index >= 15 is 0 Å². The first-order valence-corrected chi connectivity index (χ1v) is 6.24. The lowest BCUT2D eigenvalue weighted by atomic mass is 10.1. The topological polar surface area (TPSA) is 42.4 Å². The Morgan fingerprint density at radius 1 is 1.28 bits per heavy atom. The highest BCUT2D eigenvalue weighted by Crippen LogP contribution is 2.28. The summed E-state index contributed by atoms with van der Waals surface area (Å²) in [7, 11) is 0. The zero-order valence-electron chi connectivity index (χ0n) is 11.1. The molecule has 1 aromatic carbocycles. The predicted molar refractivity (Wildman–Crippen MR) is 72.7 cm³/mol. The summed E-state index contributed by atoms with van der Waals surface area (Å²) in [6.07, 6.45) is 0.895. The minimum absolute atomic E-state index is 0.0756. The normalized spacial score (nSPS) is 11.8. The van der Waals surface area contributed by atoms with Gasteiger partial charge in [0.1, 0.15) is 5.60 Å². The Bertz CT molecular complexity index is 549. The minimum atomic E-state index is -0.260. The highest BCUT2D eigenvalue weighted by Gasteiger charge is 2.19. The number of aromatic nitrogens is 1. The van der Waals surface area contributed by atoms with E-state index in [1.54, 1.807) is 0 Å². The molecule has 0 spiro atoms. The number of benzene rings is 1. The van der Waals surface area contributed by atoms with Crippen molar-refractivity contribution in [1.29, 1.82) is 0 Å². The summed E-state index contributed by atoms with van der Waals surface area (Å²) in [4.78, 5) is 4.38. The highest BCUT2D eigenvalue weighted by molar-refractivity contribution is 5.87.